The lowest BCUT2D eigenvalue weighted by atomic mass is 9.80. The van der Waals surface area contributed by atoms with Crippen molar-refractivity contribution >= 4 is 5.91 Å². The summed E-state index contributed by atoms with van der Waals surface area (Å²) in [6.45, 7) is 6.31. The second-order valence-corrected chi connectivity index (χ2v) is 7.15. The Morgan fingerprint density at radius 1 is 1.24 bits per heavy atom. The SMILES string of the molecule is CC(C)(CCC(=O)NC(C)(CO)C1CC1)c1ccccc1. The highest BCUT2D eigenvalue weighted by Gasteiger charge is 2.42. The van der Waals surface area contributed by atoms with E-state index in [1.165, 1.54) is 5.56 Å². The Hall–Kier alpha value is -1.35. The maximum absolute atomic E-state index is 12.2. The molecule has 1 unspecified atom stereocenters. The molecule has 1 saturated carbocycles. The fourth-order valence-electron chi connectivity index (χ4n) is 2.83. The number of amides is 1. The molecule has 1 aromatic rings. The molecule has 0 aliphatic heterocycles. The van der Waals surface area contributed by atoms with Crippen LogP contribution in [0.2, 0.25) is 0 Å². The molecule has 0 spiro atoms. The van der Waals surface area contributed by atoms with Crippen molar-refractivity contribution in [3.8, 4) is 0 Å². The molecule has 1 aliphatic rings. The number of carbonyl (C=O) groups excluding carboxylic acids is 1. The Labute approximate surface area is 127 Å². The maximum Gasteiger partial charge on any atom is 0.220 e. The third kappa shape index (κ3) is 4.07. The van der Waals surface area contributed by atoms with Crippen LogP contribution in [0.5, 0.6) is 0 Å². The van der Waals surface area contributed by atoms with Crippen molar-refractivity contribution in [2.24, 2.45) is 5.92 Å². The lowest BCUT2D eigenvalue weighted by Crippen LogP contribution is -2.50. The average molecular weight is 289 g/mol. The summed E-state index contributed by atoms with van der Waals surface area (Å²) in [7, 11) is 0. The molecule has 1 aliphatic carbocycles. The summed E-state index contributed by atoms with van der Waals surface area (Å²) in [5.41, 5.74) is 0.798. The van der Waals surface area contributed by atoms with E-state index in [2.05, 4.69) is 31.3 Å². The van der Waals surface area contributed by atoms with Crippen molar-refractivity contribution in [2.45, 2.75) is 57.4 Å². The third-order valence-corrected chi connectivity index (χ3v) is 4.76. The first-order valence-electron chi connectivity index (χ1n) is 7.85. The molecule has 0 radical (unpaired) electrons. The van der Waals surface area contributed by atoms with Gasteiger partial charge in [0.25, 0.3) is 0 Å². The Bertz CT molecular complexity index is 479. The van der Waals surface area contributed by atoms with E-state index in [1.807, 2.05) is 25.1 Å². The van der Waals surface area contributed by atoms with Gasteiger partial charge in [-0.3, -0.25) is 4.79 Å². The topological polar surface area (TPSA) is 49.3 Å². The second kappa shape index (κ2) is 6.18. The van der Waals surface area contributed by atoms with Gasteiger partial charge in [0, 0.05) is 6.42 Å². The smallest absolute Gasteiger partial charge is 0.220 e. The lowest BCUT2D eigenvalue weighted by Gasteiger charge is -2.30. The van der Waals surface area contributed by atoms with E-state index in [0.29, 0.717) is 12.3 Å². The summed E-state index contributed by atoms with van der Waals surface area (Å²) in [5, 5.41) is 12.6. The quantitative estimate of drug-likeness (QED) is 0.810. The van der Waals surface area contributed by atoms with Gasteiger partial charge in [0.15, 0.2) is 0 Å². The van der Waals surface area contributed by atoms with Crippen molar-refractivity contribution in [1.29, 1.82) is 0 Å². The molecule has 1 amide bonds. The van der Waals surface area contributed by atoms with Crippen LogP contribution in [0, 0.1) is 5.92 Å². The van der Waals surface area contributed by atoms with E-state index in [-0.39, 0.29) is 17.9 Å². The van der Waals surface area contributed by atoms with Crippen molar-refractivity contribution in [3.05, 3.63) is 35.9 Å². The second-order valence-electron chi connectivity index (χ2n) is 7.15. The molecule has 0 aromatic heterocycles. The van der Waals surface area contributed by atoms with Gasteiger partial charge in [0.1, 0.15) is 0 Å². The number of hydrogen-bond donors (Lipinski definition) is 2. The summed E-state index contributed by atoms with van der Waals surface area (Å²) >= 11 is 0. The van der Waals surface area contributed by atoms with Crippen LogP contribution in [0.15, 0.2) is 30.3 Å². The minimum atomic E-state index is -0.437. The fourth-order valence-corrected chi connectivity index (χ4v) is 2.83. The molecule has 0 bridgehead atoms. The molecule has 3 heteroatoms. The average Bonchev–Trinajstić information content (AvgIpc) is 3.31. The van der Waals surface area contributed by atoms with E-state index in [9.17, 15) is 9.90 Å². The molecular weight excluding hydrogens is 262 g/mol. The molecule has 1 atom stereocenters. The lowest BCUT2D eigenvalue weighted by molar-refractivity contribution is -0.124. The van der Waals surface area contributed by atoms with Crippen molar-refractivity contribution in [1.82, 2.24) is 5.32 Å². The van der Waals surface area contributed by atoms with Crippen molar-refractivity contribution < 1.29 is 9.90 Å². The first-order chi connectivity index (χ1) is 9.87. The summed E-state index contributed by atoms with van der Waals surface area (Å²) in [4.78, 5) is 12.2. The van der Waals surface area contributed by atoms with Crippen LogP contribution >= 0.6 is 0 Å². The van der Waals surface area contributed by atoms with Gasteiger partial charge in [-0.15, -0.1) is 0 Å². The minimum Gasteiger partial charge on any atom is -0.394 e. The highest BCUT2D eigenvalue weighted by atomic mass is 16.3. The largest absolute Gasteiger partial charge is 0.394 e. The molecule has 1 aromatic carbocycles. The molecule has 2 N–H and O–H groups in total. The molecule has 0 saturated heterocycles. The zero-order chi connectivity index (χ0) is 15.5. The monoisotopic (exact) mass is 289 g/mol. The van der Waals surface area contributed by atoms with Gasteiger partial charge in [-0.2, -0.15) is 0 Å². The summed E-state index contributed by atoms with van der Waals surface area (Å²) in [5.74, 6) is 0.482. The van der Waals surface area contributed by atoms with Gasteiger partial charge in [-0.05, 0) is 43.1 Å². The molecule has 1 fully saturated rings. The fraction of sp³-hybridized carbons (Fsp3) is 0.611. The van der Waals surface area contributed by atoms with Gasteiger partial charge in [0.05, 0.1) is 12.1 Å². The van der Waals surface area contributed by atoms with Gasteiger partial charge in [0.2, 0.25) is 5.91 Å². The van der Waals surface area contributed by atoms with Crippen LogP contribution in [0.25, 0.3) is 0 Å². The molecule has 2 rings (SSSR count). The number of hydrogen-bond acceptors (Lipinski definition) is 2. The van der Waals surface area contributed by atoms with E-state index in [4.69, 9.17) is 0 Å². The normalized spacial score (nSPS) is 18.1. The van der Waals surface area contributed by atoms with Crippen LogP contribution in [0.1, 0.15) is 52.0 Å². The first-order valence-corrected chi connectivity index (χ1v) is 7.85. The van der Waals surface area contributed by atoms with Crippen LogP contribution in [0.4, 0.5) is 0 Å². The van der Waals surface area contributed by atoms with Crippen LogP contribution < -0.4 is 5.32 Å². The van der Waals surface area contributed by atoms with Crippen LogP contribution in [0.3, 0.4) is 0 Å². The Balaban J connectivity index is 1.89. The maximum atomic E-state index is 12.2. The van der Waals surface area contributed by atoms with E-state index in [1.54, 1.807) is 0 Å². The Morgan fingerprint density at radius 2 is 1.86 bits per heavy atom. The summed E-state index contributed by atoms with van der Waals surface area (Å²) in [6.07, 6.45) is 3.50. The highest BCUT2D eigenvalue weighted by Crippen LogP contribution is 2.39. The summed E-state index contributed by atoms with van der Waals surface area (Å²) in [6, 6.07) is 10.3. The van der Waals surface area contributed by atoms with Crippen molar-refractivity contribution in [2.75, 3.05) is 6.61 Å². The predicted octanol–water partition coefficient (Wildman–Crippen LogP) is 3.02. The standard InChI is InChI=1S/C18H27NO2/c1-17(2,14-7-5-4-6-8-14)12-11-16(21)19-18(3,13-20)15-9-10-15/h4-8,15,20H,9-13H2,1-3H3,(H,19,21). The van der Waals surface area contributed by atoms with E-state index < -0.39 is 5.54 Å². The zero-order valence-electron chi connectivity index (χ0n) is 13.4. The van der Waals surface area contributed by atoms with Gasteiger partial charge < -0.3 is 10.4 Å². The minimum absolute atomic E-state index is 0.0193. The van der Waals surface area contributed by atoms with Gasteiger partial charge in [-0.25, -0.2) is 0 Å². The molecular formula is C18H27NO2. The van der Waals surface area contributed by atoms with Gasteiger partial charge >= 0.3 is 0 Å². The molecule has 116 valence electrons. The Morgan fingerprint density at radius 3 is 2.38 bits per heavy atom. The zero-order valence-corrected chi connectivity index (χ0v) is 13.4. The highest BCUT2D eigenvalue weighted by molar-refractivity contribution is 5.77. The molecule has 3 nitrogen and oxygen atoms in total. The van der Waals surface area contributed by atoms with E-state index in [0.717, 1.165) is 19.3 Å². The van der Waals surface area contributed by atoms with Crippen LogP contribution in [-0.4, -0.2) is 23.2 Å². The number of aliphatic hydroxyl groups is 1. The number of benzene rings is 1. The Kier molecular flexibility index (Phi) is 4.72. The number of nitrogens with one attached hydrogen (secondary N) is 1. The van der Waals surface area contributed by atoms with Gasteiger partial charge in [-0.1, -0.05) is 44.2 Å². The molecule has 0 heterocycles. The van der Waals surface area contributed by atoms with Crippen molar-refractivity contribution in [3.63, 3.8) is 0 Å². The number of carbonyl (C=O) groups is 1. The first kappa shape index (κ1) is 16.0. The van der Waals surface area contributed by atoms with Crippen LogP contribution in [-0.2, 0) is 10.2 Å². The predicted molar refractivity (Wildman–Crippen MR) is 85.1 cm³/mol. The molecule has 21 heavy (non-hydrogen) atoms. The summed E-state index contributed by atoms with van der Waals surface area (Å²) < 4.78 is 0. The third-order valence-electron chi connectivity index (χ3n) is 4.76. The number of rotatable bonds is 7. The number of aliphatic hydroxyl groups excluding tert-OH is 1. The van der Waals surface area contributed by atoms with E-state index >= 15 is 0 Å².